The van der Waals surface area contributed by atoms with E-state index in [1.54, 1.807) is 0 Å². The summed E-state index contributed by atoms with van der Waals surface area (Å²) in [5.74, 6) is 0.494. The van der Waals surface area contributed by atoms with Gasteiger partial charge in [-0.1, -0.05) is 43.0 Å². The number of carbonyl (C=O) groups is 1. The summed E-state index contributed by atoms with van der Waals surface area (Å²) >= 11 is 5.24. The molecule has 0 aliphatic heterocycles. The van der Waals surface area contributed by atoms with Gasteiger partial charge in [0.25, 0.3) is 0 Å². The highest BCUT2D eigenvalue weighted by Gasteiger charge is 2.10. The van der Waals surface area contributed by atoms with Crippen molar-refractivity contribution >= 4 is 28.9 Å². The first-order valence-electron chi connectivity index (χ1n) is 7.97. The number of ether oxygens (including phenoxy) is 1. The first-order chi connectivity index (χ1) is 12.0. The molecule has 0 saturated carbocycles. The van der Waals surface area contributed by atoms with E-state index in [0.29, 0.717) is 18.0 Å². The number of carbonyl (C=O) groups excluding carboxylic acids is 1. The van der Waals surface area contributed by atoms with Crippen LogP contribution in [0.15, 0.2) is 60.7 Å². The van der Waals surface area contributed by atoms with Crippen molar-refractivity contribution in [3.05, 3.63) is 71.8 Å². The van der Waals surface area contributed by atoms with Crippen LogP contribution in [-0.2, 0) is 11.2 Å². The fourth-order valence-corrected chi connectivity index (χ4v) is 2.43. The van der Waals surface area contributed by atoms with E-state index in [2.05, 4.69) is 17.2 Å². The van der Waals surface area contributed by atoms with Crippen molar-refractivity contribution in [2.75, 3.05) is 11.9 Å². The second kappa shape index (κ2) is 8.99. The summed E-state index contributed by atoms with van der Waals surface area (Å²) < 4.78 is 5.68. The van der Waals surface area contributed by atoms with Gasteiger partial charge in [0.05, 0.1) is 12.1 Å². The highest BCUT2D eigenvalue weighted by atomic mass is 32.1. The van der Waals surface area contributed by atoms with E-state index >= 15 is 0 Å². The van der Waals surface area contributed by atoms with Crippen LogP contribution in [0.25, 0.3) is 0 Å². The normalized spacial score (nSPS) is 10.0. The number of aryl methyl sites for hydroxylation is 1. The molecule has 2 rings (SSSR count). The molecule has 1 amide bonds. The number of hydrogen-bond acceptors (Lipinski definition) is 3. The van der Waals surface area contributed by atoms with E-state index in [4.69, 9.17) is 17.0 Å². The highest BCUT2D eigenvalue weighted by Crippen LogP contribution is 2.24. The second-order valence-electron chi connectivity index (χ2n) is 5.85. The summed E-state index contributed by atoms with van der Waals surface area (Å²) in [4.78, 5) is 12.2. The van der Waals surface area contributed by atoms with Gasteiger partial charge in [0.15, 0.2) is 5.11 Å². The van der Waals surface area contributed by atoms with Crippen molar-refractivity contribution < 1.29 is 9.53 Å². The lowest BCUT2D eigenvalue weighted by Crippen LogP contribution is -2.35. The minimum Gasteiger partial charge on any atom is -0.487 e. The number of amides is 1. The number of benzene rings is 2. The maximum Gasteiger partial charge on any atom is 0.230 e. The van der Waals surface area contributed by atoms with E-state index in [-0.39, 0.29) is 17.4 Å². The first kappa shape index (κ1) is 18.7. The van der Waals surface area contributed by atoms with E-state index in [1.165, 1.54) is 0 Å². The Bertz CT molecular complexity index is 787. The van der Waals surface area contributed by atoms with Crippen molar-refractivity contribution in [2.45, 2.75) is 20.3 Å². The Morgan fingerprint density at radius 2 is 1.84 bits per heavy atom. The van der Waals surface area contributed by atoms with Crippen molar-refractivity contribution in [3.63, 3.8) is 0 Å². The lowest BCUT2D eigenvalue weighted by Gasteiger charge is -2.14. The maximum atomic E-state index is 12.2. The molecule has 0 spiro atoms. The van der Waals surface area contributed by atoms with Crippen LogP contribution in [0.3, 0.4) is 0 Å². The van der Waals surface area contributed by atoms with Crippen molar-refractivity contribution in [2.24, 2.45) is 0 Å². The zero-order valence-electron chi connectivity index (χ0n) is 14.5. The van der Waals surface area contributed by atoms with Crippen LogP contribution < -0.4 is 15.4 Å². The average Bonchev–Trinajstić information content (AvgIpc) is 2.56. The van der Waals surface area contributed by atoms with Crippen LogP contribution in [0.2, 0.25) is 0 Å². The Labute approximate surface area is 153 Å². The maximum absolute atomic E-state index is 12.2. The molecule has 0 aliphatic rings. The minimum atomic E-state index is -0.160. The van der Waals surface area contributed by atoms with E-state index in [0.717, 1.165) is 16.7 Å². The largest absolute Gasteiger partial charge is 0.487 e. The minimum absolute atomic E-state index is 0.160. The van der Waals surface area contributed by atoms with E-state index in [9.17, 15) is 4.79 Å². The number of thiocarbonyl (C=S) groups is 1. The number of nitrogens with one attached hydrogen (secondary N) is 2. The second-order valence-corrected chi connectivity index (χ2v) is 6.26. The molecule has 0 saturated heterocycles. The van der Waals surface area contributed by atoms with Crippen LogP contribution in [0.4, 0.5) is 5.69 Å². The van der Waals surface area contributed by atoms with Crippen LogP contribution >= 0.6 is 12.2 Å². The number of hydrogen-bond donors (Lipinski definition) is 2. The first-order valence-corrected chi connectivity index (χ1v) is 8.38. The average molecular weight is 354 g/mol. The van der Waals surface area contributed by atoms with Gasteiger partial charge in [0.2, 0.25) is 5.91 Å². The molecule has 0 unspecified atom stereocenters. The molecule has 2 N–H and O–H groups in total. The lowest BCUT2D eigenvalue weighted by atomic mass is 10.1. The van der Waals surface area contributed by atoms with Gasteiger partial charge in [0, 0.05) is 0 Å². The zero-order valence-corrected chi connectivity index (χ0v) is 15.3. The summed E-state index contributed by atoms with van der Waals surface area (Å²) in [7, 11) is 0. The molecule has 0 aromatic heterocycles. The summed E-state index contributed by atoms with van der Waals surface area (Å²) in [6, 6.07) is 15.2. The van der Waals surface area contributed by atoms with Crippen molar-refractivity contribution in [3.8, 4) is 5.75 Å². The quantitative estimate of drug-likeness (QED) is 0.608. The molecule has 2 aromatic carbocycles. The number of anilines is 1. The van der Waals surface area contributed by atoms with Gasteiger partial charge in [-0.2, -0.15) is 0 Å². The van der Waals surface area contributed by atoms with Crippen LogP contribution in [0.5, 0.6) is 5.75 Å². The predicted octanol–water partition coefficient (Wildman–Crippen LogP) is 4.01. The Morgan fingerprint density at radius 1 is 1.16 bits per heavy atom. The molecule has 25 heavy (non-hydrogen) atoms. The predicted molar refractivity (Wildman–Crippen MR) is 106 cm³/mol. The van der Waals surface area contributed by atoms with Crippen molar-refractivity contribution in [1.82, 2.24) is 5.32 Å². The molecule has 0 fully saturated rings. The third-order valence-corrected chi connectivity index (χ3v) is 3.68. The molecule has 5 heteroatoms. The highest BCUT2D eigenvalue weighted by molar-refractivity contribution is 7.80. The molecule has 130 valence electrons. The zero-order chi connectivity index (χ0) is 18.2. The van der Waals surface area contributed by atoms with Gasteiger partial charge < -0.3 is 15.4 Å². The summed E-state index contributed by atoms with van der Waals surface area (Å²) in [6.45, 7) is 8.12. The van der Waals surface area contributed by atoms with Crippen molar-refractivity contribution in [1.29, 1.82) is 0 Å². The molecule has 0 bridgehead atoms. The third kappa shape index (κ3) is 6.04. The Hall–Kier alpha value is -2.66. The van der Waals surface area contributed by atoms with E-state index < -0.39 is 0 Å². The molecule has 0 heterocycles. The topological polar surface area (TPSA) is 50.4 Å². The van der Waals surface area contributed by atoms with Gasteiger partial charge in [0.1, 0.15) is 12.4 Å². The number of rotatable bonds is 6. The lowest BCUT2D eigenvalue weighted by molar-refractivity contribution is -0.119. The fraction of sp³-hybridized carbons (Fsp3) is 0.200. The summed E-state index contributed by atoms with van der Waals surface area (Å²) in [5, 5.41) is 5.96. The molecule has 2 aromatic rings. The molecular formula is C20H22N2O2S. The molecule has 0 aliphatic carbocycles. The summed E-state index contributed by atoms with van der Waals surface area (Å²) in [6.07, 6.45) is 0.280. The summed E-state index contributed by atoms with van der Waals surface area (Å²) in [5.41, 5.74) is 3.68. The Kier molecular flexibility index (Phi) is 6.71. The monoisotopic (exact) mass is 354 g/mol. The Balaban J connectivity index is 1.95. The molecule has 0 atom stereocenters. The standard InChI is InChI=1S/C20H22N2O2S/c1-14(2)13-24-18-11-7-6-10-17(18)21-20(25)22-19(23)12-16-9-5-4-8-15(16)3/h4-11H,1,12-13H2,2-3H3,(H2,21,22,23,25). The number of para-hydroxylation sites is 2. The van der Waals surface area contributed by atoms with Crippen LogP contribution in [-0.4, -0.2) is 17.6 Å². The van der Waals surface area contributed by atoms with Crippen LogP contribution in [0.1, 0.15) is 18.1 Å². The van der Waals surface area contributed by atoms with Crippen LogP contribution in [0, 0.1) is 6.92 Å². The van der Waals surface area contributed by atoms with Gasteiger partial charge in [-0.3, -0.25) is 4.79 Å². The third-order valence-electron chi connectivity index (χ3n) is 3.47. The molecule has 4 nitrogen and oxygen atoms in total. The fourth-order valence-electron chi connectivity index (χ4n) is 2.20. The smallest absolute Gasteiger partial charge is 0.230 e. The van der Waals surface area contributed by atoms with Gasteiger partial charge in [-0.15, -0.1) is 0 Å². The van der Waals surface area contributed by atoms with E-state index in [1.807, 2.05) is 62.4 Å². The Morgan fingerprint density at radius 3 is 2.56 bits per heavy atom. The van der Waals surface area contributed by atoms with Gasteiger partial charge >= 0.3 is 0 Å². The van der Waals surface area contributed by atoms with Gasteiger partial charge in [-0.25, -0.2) is 0 Å². The SMILES string of the molecule is C=C(C)COc1ccccc1NC(=S)NC(=O)Cc1ccccc1C. The molecule has 0 radical (unpaired) electrons. The van der Waals surface area contributed by atoms with Gasteiger partial charge in [-0.05, 0) is 54.9 Å². The molecular weight excluding hydrogens is 332 g/mol.